The Morgan fingerprint density at radius 1 is 1.40 bits per heavy atom. The van der Waals surface area contributed by atoms with E-state index in [1.165, 1.54) is 13.3 Å². The Kier molecular flexibility index (Phi) is 3.63. The van der Waals surface area contributed by atoms with Crippen LogP contribution in [0.3, 0.4) is 0 Å². The van der Waals surface area contributed by atoms with Crippen molar-refractivity contribution in [1.29, 1.82) is 5.26 Å². The average molecular weight is 292 g/mol. The molecule has 0 bridgehead atoms. The van der Waals surface area contributed by atoms with Crippen molar-refractivity contribution in [2.24, 2.45) is 0 Å². The third-order valence-corrected chi connectivity index (χ3v) is 3.19. The lowest BCUT2D eigenvalue weighted by molar-refractivity contribution is 0.412. The highest BCUT2D eigenvalue weighted by Gasteiger charge is 2.12. The van der Waals surface area contributed by atoms with Crippen molar-refractivity contribution >= 4 is 11.6 Å². The van der Waals surface area contributed by atoms with E-state index in [4.69, 9.17) is 21.6 Å². The van der Waals surface area contributed by atoms with Gasteiger partial charge in [-0.25, -0.2) is 4.79 Å². The summed E-state index contributed by atoms with van der Waals surface area (Å²) in [6, 6.07) is 4.93. The molecule has 2 aromatic rings. The number of nitrogens with one attached hydrogen (secondary N) is 1. The molecule has 0 amide bonds. The van der Waals surface area contributed by atoms with Crippen molar-refractivity contribution in [3.8, 4) is 17.5 Å². The van der Waals surface area contributed by atoms with E-state index >= 15 is 0 Å². The summed E-state index contributed by atoms with van der Waals surface area (Å²) >= 11 is 6.00. The van der Waals surface area contributed by atoms with Crippen LogP contribution in [0, 0.1) is 18.3 Å². The molecule has 0 spiro atoms. The van der Waals surface area contributed by atoms with Crippen LogP contribution in [0.1, 0.15) is 11.1 Å². The van der Waals surface area contributed by atoms with Gasteiger partial charge in [-0.05, 0) is 18.6 Å². The Morgan fingerprint density at radius 3 is 2.70 bits per heavy atom. The van der Waals surface area contributed by atoms with Gasteiger partial charge in [-0.2, -0.15) is 5.26 Å². The fourth-order valence-corrected chi connectivity index (χ4v) is 1.88. The molecule has 0 aliphatic heterocycles. The molecule has 20 heavy (non-hydrogen) atoms. The number of nitrogens with zero attached hydrogens (tertiary/aromatic N) is 2. The molecule has 102 valence electrons. The van der Waals surface area contributed by atoms with Gasteiger partial charge in [0.2, 0.25) is 0 Å². The maximum atomic E-state index is 11.9. The van der Waals surface area contributed by atoms with Crippen LogP contribution in [0.5, 0.6) is 5.75 Å². The highest BCUT2D eigenvalue weighted by atomic mass is 35.5. The van der Waals surface area contributed by atoms with E-state index in [1.807, 2.05) is 0 Å². The molecule has 7 heteroatoms. The Bertz CT molecular complexity index is 830. The van der Waals surface area contributed by atoms with Crippen LogP contribution in [0.2, 0.25) is 5.02 Å². The van der Waals surface area contributed by atoms with E-state index < -0.39 is 11.2 Å². The normalized spacial score (nSPS) is 10.1. The number of halogens is 1. The number of ether oxygens (including phenoxy) is 1. The summed E-state index contributed by atoms with van der Waals surface area (Å²) in [5, 5.41) is 9.36. The smallest absolute Gasteiger partial charge is 0.333 e. The van der Waals surface area contributed by atoms with Gasteiger partial charge in [0.05, 0.1) is 12.8 Å². The second-order valence-electron chi connectivity index (χ2n) is 4.06. The molecule has 0 aliphatic carbocycles. The van der Waals surface area contributed by atoms with Crippen LogP contribution in [-0.2, 0) is 0 Å². The van der Waals surface area contributed by atoms with Gasteiger partial charge in [0.25, 0.3) is 5.56 Å². The molecule has 2 rings (SSSR count). The Labute approximate surface area is 118 Å². The summed E-state index contributed by atoms with van der Waals surface area (Å²) in [5.41, 5.74) is -0.419. The van der Waals surface area contributed by atoms with Crippen molar-refractivity contribution in [1.82, 2.24) is 9.55 Å². The number of benzene rings is 1. The number of aryl methyl sites for hydroxylation is 1. The van der Waals surface area contributed by atoms with Crippen molar-refractivity contribution in [2.75, 3.05) is 7.11 Å². The summed E-state index contributed by atoms with van der Waals surface area (Å²) in [6.07, 6.45) is 1.17. The van der Waals surface area contributed by atoms with Crippen LogP contribution in [0.4, 0.5) is 0 Å². The molecule has 0 fully saturated rings. The number of hydrogen-bond donors (Lipinski definition) is 1. The number of H-pyrrole nitrogens is 1. The molecular weight excluding hydrogens is 282 g/mol. The molecule has 0 saturated heterocycles. The highest BCUT2D eigenvalue weighted by molar-refractivity contribution is 6.31. The quantitative estimate of drug-likeness (QED) is 0.905. The van der Waals surface area contributed by atoms with Crippen molar-refractivity contribution in [3.05, 3.63) is 55.3 Å². The van der Waals surface area contributed by atoms with Crippen molar-refractivity contribution in [3.63, 3.8) is 0 Å². The molecule has 0 aliphatic rings. The molecule has 0 saturated carbocycles. The standard InChI is InChI=1S/C13H10ClN3O3/c1-7-3-10(11(20-2)4-9(7)14)17-6-8(5-15)12(18)16-13(17)19/h3-4,6H,1-2H3,(H,16,18,19). The first-order chi connectivity index (χ1) is 9.47. The zero-order valence-corrected chi connectivity index (χ0v) is 11.5. The summed E-state index contributed by atoms with van der Waals surface area (Å²) in [5.74, 6) is 0.360. The second kappa shape index (κ2) is 5.23. The zero-order valence-electron chi connectivity index (χ0n) is 10.7. The predicted octanol–water partition coefficient (Wildman–Crippen LogP) is 1.37. The molecule has 1 aromatic heterocycles. The second-order valence-corrected chi connectivity index (χ2v) is 4.46. The Hall–Kier alpha value is -2.52. The topological polar surface area (TPSA) is 87.9 Å². The number of hydrogen-bond acceptors (Lipinski definition) is 4. The van der Waals surface area contributed by atoms with Gasteiger partial charge < -0.3 is 4.74 Å². The first-order valence-corrected chi connectivity index (χ1v) is 5.96. The average Bonchev–Trinajstić information content (AvgIpc) is 2.42. The Balaban J connectivity index is 2.81. The zero-order chi connectivity index (χ0) is 14.9. The van der Waals surface area contributed by atoms with E-state index in [2.05, 4.69) is 4.98 Å². The van der Waals surface area contributed by atoms with Gasteiger partial charge in [0, 0.05) is 17.3 Å². The highest BCUT2D eigenvalue weighted by Crippen LogP contribution is 2.28. The van der Waals surface area contributed by atoms with Crippen molar-refractivity contribution in [2.45, 2.75) is 6.92 Å². The third kappa shape index (κ3) is 2.31. The molecule has 1 aromatic carbocycles. The first kappa shape index (κ1) is 13.9. The monoisotopic (exact) mass is 291 g/mol. The minimum Gasteiger partial charge on any atom is -0.495 e. The first-order valence-electron chi connectivity index (χ1n) is 5.58. The predicted molar refractivity (Wildman–Crippen MR) is 73.7 cm³/mol. The lowest BCUT2D eigenvalue weighted by Gasteiger charge is -2.12. The summed E-state index contributed by atoms with van der Waals surface area (Å²) in [7, 11) is 1.44. The largest absolute Gasteiger partial charge is 0.495 e. The maximum absolute atomic E-state index is 11.9. The maximum Gasteiger partial charge on any atom is 0.333 e. The molecular formula is C13H10ClN3O3. The SMILES string of the molecule is COc1cc(Cl)c(C)cc1-n1cc(C#N)c(=O)[nH]c1=O. The van der Waals surface area contributed by atoms with Crippen molar-refractivity contribution < 1.29 is 4.74 Å². The number of methoxy groups -OCH3 is 1. The molecule has 0 radical (unpaired) electrons. The van der Waals surface area contributed by atoms with Crippen LogP contribution in [0.25, 0.3) is 5.69 Å². The minimum absolute atomic E-state index is 0.167. The number of aromatic nitrogens is 2. The summed E-state index contributed by atoms with van der Waals surface area (Å²) in [4.78, 5) is 25.4. The van der Waals surface area contributed by atoms with Crippen LogP contribution >= 0.6 is 11.6 Å². The van der Waals surface area contributed by atoms with Gasteiger partial charge in [-0.1, -0.05) is 11.6 Å². The fraction of sp³-hybridized carbons (Fsp3) is 0.154. The number of nitriles is 1. The van der Waals surface area contributed by atoms with Crippen LogP contribution in [-0.4, -0.2) is 16.7 Å². The van der Waals surface area contributed by atoms with Crippen LogP contribution < -0.4 is 16.0 Å². The van der Waals surface area contributed by atoms with E-state index in [-0.39, 0.29) is 5.56 Å². The lowest BCUT2D eigenvalue weighted by Crippen LogP contribution is -2.30. The summed E-state index contributed by atoms with van der Waals surface area (Å²) in [6.45, 7) is 1.77. The molecule has 1 N–H and O–H groups in total. The molecule has 0 atom stereocenters. The van der Waals surface area contributed by atoms with Gasteiger partial charge in [-0.3, -0.25) is 14.3 Å². The van der Waals surface area contributed by atoms with Gasteiger partial charge in [0.15, 0.2) is 0 Å². The summed E-state index contributed by atoms with van der Waals surface area (Å²) < 4.78 is 6.32. The minimum atomic E-state index is -0.724. The molecule has 0 unspecified atom stereocenters. The fourth-order valence-electron chi connectivity index (χ4n) is 1.73. The van der Waals surface area contributed by atoms with E-state index in [1.54, 1.807) is 25.1 Å². The van der Waals surface area contributed by atoms with Gasteiger partial charge >= 0.3 is 5.69 Å². The van der Waals surface area contributed by atoms with E-state index in [0.29, 0.717) is 16.5 Å². The third-order valence-electron chi connectivity index (χ3n) is 2.78. The molecule has 6 nitrogen and oxygen atoms in total. The molecule has 1 heterocycles. The van der Waals surface area contributed by atoms with Gasteiger partial charge in [-0.15, -0.1) is 0 Å². The Morgan fingerprint density at radius 2 is 2.10 bits per heavy atom. The van der Waals surface area contributed by atoms with E-state index in [9.17, 15) is 9.59 Å². The number of rotatable bonds is 2. The number of aromatic amines is 1. The van der Waals surface area contributed by atoms with Crippen LogP contribution in [0.15, 0.2) is 27.9 Å². The lowest BCUT2D eigenvalue weighted by atomic mass is 10.2. The van der Waals surface area contributed by atoms with E-state index in [0.717, 1.165) is 10.1 Å². The van der Waals surface area contributed by atoms with Gasteiger partial charge in [0.1, 0.15) is 17.4 Å².